The van der Waals surface area contributed by atoms with Gasteiger partial charge in [0.15, 0.2) is 11.5 Å². The number of imidazole rings is 1. The predicted molar refractivity (Wildman–Crippen MR) is 130 cm³/mol. The summed E-state index contributed by atoms with van der Waals surface area (Å²) in [5, 5.41) is 0. The summed E-state index contributed by atoms with van der Waals surface area (Å²) in [7, 11) is 0. The maximum absolute atomic E-state index is 13.1. The van der Waals surface area contributed by atoms with Gasteiger partial charge in [-0.3, -0.25) is 0 Å². The Morgan fingerprint density at radius 1 is 0.818 bits per heavy atom. The number of hydrogen-bond donors (Lipinski definition) is 2. The summed E-state index contributed by atoms with van der Waals surface area (Å²) in [6.45, 7) is 1.59. The van der Waals surface area contributed by atoms with Crippen molar-refractivity contribution in [1.82, 2.24) is 19.5 Å². The molecule has 0 bridgehead atoms. The van der Waals surface area contributed by atoms with E-state index in [1.54, 1.807) is 4.57 Å². The zero-order valence-electron chi connectivity index (χ0n) is 18.1. The fourth-order valence-electron chi connectivity index (χ4n) is 4.09. The number of para-hydroxylation sites is 1. The van der Waals surface area contributed by atoms with E-state index in [1.807, 2.05) is 60.7 Å². The first-order valence-electron chi connectivity index (χ1n) is 10.8. The highest BCUT2D eigenvalue weighted by Crippen LogP contribution is 2.26. The van der Waals surface area contributed by atoms with Crippen LogP contribution in [-0.2, 0) is 19.6 Å². The molecule has 5 rings (SSSR count). The number of nitrogens with two attached hydrogens (primary N) is 1. The molecular weight excluding hydrogens is 412 g/mol. The zero-order valence-corrected chi connectivity index (χ0v) is 18.1. The summed E-state index contributed by atoms with van der Waals surface area (Å²) in [6.07, 6.45) is 1.51. The van der Waals surface area contributed by atoms with Crippen LogP contribution < -0.4 is 16.3 Å². The summed E-state index contributed by atoms with van der Waals surface area (Å²) in [4.78, 5) is 27.3. The van der Waals surface area contributed by atoms with Gasteiger partial charge in [0.05, 0.1) is 5.69 Å². The molecule has 0 aliphatic rings. The normalized spacial score (nSPS) is 11.1. The van der Waals surface area contributed by atoms with Crippen LogP contribution in [0, 0.1) is 0 Å². The van der Waals surface area contributed by atoms with Gasteiger partial charge in [-0.2, -0.15) is 0 Å². The highest BCUT2D eigenvalue weighted by molar-refractivity contribution is 5.84. The molecule has 0 aliphatic heterocycles. The molecule has 164 valence electrons. The summed E-state index contributed by atoms with van der Waals surface area (Å²) >= 11 is 0. The van der Waals surface area contributed by atoms with Crippen LogP contribution >= 0.6 is 0 Å². The Kier molecular flexibility index (Phi) is 5.70. The Morgan fingerprint density at radius 2 is 1.42 bits per heavy atom. The Morgan fingerprint density at radius 3 is 2.06 bits per heavy atom. The largest absolute Gasteiger partial charge is 0.346 e. The average molecular weight is 437 g/mol. The predicted octanol–water partition coefficient (Wildman–Crippen LogP) is 3.77. The Bertz CT molecular complexity index is 1380. The molecular formula is C26H24N6O. The van der Waals surface area contributed by atoms with Crippen molar-refractivity contribution in [2.24, 2.45) is 5.73 Å². The fourth-order valence-corrected chi connectivity index (χ4v) is 4.09. The number of benzene rings is 3. The number of H-pyrrole nitrogens is 1. The minimum Gasteiger partial charge on any atom is -0.346 e. The quantitative estimate of drug-likeness (QED) is 0.405. The number of anilines is 1. The lowest BCUT2D eigenvalue weighted by atomic mass is 10.1. The van der Waals surface area contributed by atoms with E-state index in [-0.39, 0.29) is 5.69 Å². The molecule has 3 N–H and O–H groups in total. The third-order valence-electron chi connectivity index (χ3n) is 5.64. The number of aromatic nitrogens is 4. The van der Waals surface area contributed by atoms with Crippen molar-refractivity contribution >= 4 is 17.0 Å². The van der Waals surface area contributed by atoms with E-state index in [4.69, 9.17) is 5.73 Å². The second-order valence-electron chi connectivity index (χ2n) is 7.82. The van der Waals surface area contributed by atoms with Crippen LogP contribution in [-0.4, -0.2) is 19.5 Å². The second kappa shape index (κ2) is 9.10. The van der Waals surface area contributed by atoms with E-state index in [0.29, 0.717) is 36.6 Å². The average Bonchev–Trinajstić information content (AvgIpc) is 3.20. The highest BCUT2D eigenvalue weighted by Gasteiger charge is 2.20. The first kappa shape index (κ1) is 20.7. The third-order valence-corrected chi connectivity index (χ3v) is 5.64. The molecule has 0 amide bonds. The molecule has 0 aliphatic carbocycles. The Balaban J connectivity index is 1.65. The van der Waals surface area contributed by atoms with E-state index in [0.717, 1.165) is 22.4 Å². The van der Waals surface area contributed by atoms with Crippen molar-refractivity contribution in [2.45, 2.75) is 19.6 Å². The molecule has 0 spiro atoms. The summed E-state index contributed by atoms with van der Waals surface area (Å²) in [5.74, 6) is 0.675. The Hall–Kier alpha value is -4.23. The number of rotatable bonds is 7. The van der Waals surface area contributed by atoms with E-state index in [2.05, 4.69) is 44.1 Å². The van der Waals surface area contributed by atoms with E-state index < -0.39 is 0 Å². The maximum atomic E-state index is 13.1. The van der Waals surface area contributed by atoms with Gasteiger partial charge >= 0.3 is 5.69 Å². The molecule has 7 nitrogen and oxygen atoms in total. The molecule has 3 aromatic carbocycles. The van der Waals surface area contributed by atoms with Gasteiger partial charge in [-0.05, 0) is 22.8 Å². The molecule has 0 saturated heterocycles. The number of hydrogen-bond acceptors (Lipinski definition) is 5. The number of nitrogens with one attached hydrogen (secondary N) is 1. The van der Waals surface area contributed by atoms with Crippen molar-refractivity contribution in [3.05, 3.63) is 118 Å². The highest BCUT2D eigenvalue weighted by atomic mass is 16.1. The topological polar surface area (TPSA) is 92.8 Å². The number of fused-ring (bicyclic) bond motifs is 1. The van der Waals surface area contributed by atoms with Gasteiger partial charge in [0.25, 0.3) is 0 Å². The van der Waals surface area contributed by atoms with Crippen LogP contribution in [0.15, 0.2) is 96.1 Å². The van der Waals surface area contributed by atoms with Gasteiger partial charge in [0.1, 0.15) is 11.8 Å². The van der Waals surface area contributed by atoms with Gasteiger partial charge in [-0.15, -0.1) is 0 Å². The Labute approximate surface area is 191 Å². The van der Waals surface area contributed by atoms with E-state index in [1.165, 1.54) is 6.33 Å². The van der Waals surface area contributed by atoms with Gasteiger partial charge in [-0.1, -0.05) is 78.9 Å². The molecule has 2 heterocycles. The van der Waals surface area contributed by atoms with Gasteiger partial charge in [0.2, 0.25) is 0 Å². The summed E-state index contributed by atoms with van der Waals surface area (Å²) in [6, 6.07) is 28.0. The smallest absolute Gasteiger partial charge is 0.332 e. The van der Waals surface area contributed by atoms with Gasteiger partial charge in [0, 0.05) is 19.6 Å². The van der Waals surface area contributed by atoms with Gasteiger partial charge < -0.3 is 15.6 Å². The van der Waals surface area contributed by atoms with Crippen LogP contribution in [0.3, 0.4) is 0 Å². The lowest BCUT2D eigenvalue weighted by Crippen LogP contribution is -2.23. The standard InChI is InChI=1S/C26H24N6O/c27-15-21-13-7-8-14-22(21)32-25-23(30-26(32)33)24(28-18-29-25)31(16-19-9-3-1-4-10-19)17-20-11-5-2-6-12-20/h1-14,18H,15-17,27H2,(H,30,33). The maximum Gasteiger partial charge on any atom is 0.332 e. The first-order valence-corrected chi connectivity index (χ1v) is 10.8. The second-order valence-corrected chi connectivity index (χ2v) is 7.82. The van der Waals surface area contributed by atoms with Crippen LogP contribution in [0.25, 0.3) is 16.9 Å². The zero-order chi connectivity index (χ0) is 22.6. The van der Waals surface area contributed by atoms with Crippen LogP contribution in [0.1, 0.15) is 16.7 Å². The summed E-state index contributed by atoms with van der Waals surface area (Å²) in [5.41, 5.74) is 10.7. The number of nitrogens with zero attached hydrogens (tertiary/aromatic N) is 4. The van der Waals surface area contributed by atoms with Crippen molar-refractivity contribution in [1.29, 1.82) is 0 Å². The van der Waals surface area contributed by atoms with Crippen LogP contribution in [0.4, 0.5) is 5.82 Å². The molecule has 0 radical (unpaired) electrons. The number of aromatic amines is 1. The molecule has 7 heteroatoms. The molecule has 5 aromatic rings. The molecule has 0 unspecified atom stereocenters. The van der Waals surface area contributed by atoms with Crippen LogP contribution in [0.5, 0.6) is 0 Å². The fraction of sp³-hybridized carbons (Fsp3) is 0.115. The molecule has 0 fully saturated rings. The minimum atomic E-state index is -0.271. The van der Waals surface area contributed by atoms with E-state index >= 15 is 0 Å². The monoisotopic (exact) mass is 436 g/mol. The molecule has 0 atom stereocenters. The lowest BCUT2D eigenvalue weighted by Gasteiger charge is -2.24. The van der Waals surface area contributed by atoms with Crippen LogP contribution in [0.2, 0.25) is 0 Å². The molecule has 33 heavy (non-hydrogen) atoms. The summed E-state index contributed by atoms with van der Waals surface area (Å²) < 4.78 is 1.58. The minimum absolute atomic E-state index is 0.271. The third kappa shape index (κ3) is 4.14. The van der Waals surface area contributed by atoms with Crippen molar-refractivity contribution in [2.75, 3.05) is 4.90 Å². The van der Waals surface area contributed by atoms with Gasteiger partial charge in [-0.25, -0.2) is 19.3 Å². The SMILES string of the molecule is NCc1ccccc1-n1c(=O)[nH]c2c(N(Cc3ccccc3)Cc3ccccc3)ncnc21. The molecule has 0 saturated carbocycles. The van der Waals surface area contributed by atoms with Crippen molar-refractivity contribution < 1.29 is 0 Å². The molecule has 2 aromatic heterocycles. The van der Waals surface area contributed by atoms with E-state index in [9.17, 15) is 4.79 Å². The lowest BCUT2D eigenvalue weighted by molar-refractivity contribution is 0.785. The first-order chi connectivity index (χ1) is 16.2. The van der Waals surface area contributed by atoms with Crippen molar-refractivity contribution in [3.8, 4) is 5.69 Å². The van der Waals surface area contributed by atoms with Crippen molar-refractivity contribution in [3.63, 3.8) is 0 Å².